The number of hydrogen-bond donors (Lipinski definition) is 1. The number of H-pyrrole nitrogens is 1. The van der Waals surface area contributed by atoms with Crippen molar-refractivity contribution in [2.75, 3.05) is 0 Å². The Morgan fingerprint density at radius 2 is 1.96 bits per heavy atom. The zero-order chi connectivity index (χ0) is 17.2. The van der Waals surface area contributed by atoms with Gasteiger partial charge in [0.1, 0.15) is 11.8 Å². The van der Waals surface area contributed by atoms with E-state index in [9.17, 15) is 18.0 Å². The fraction of sp³-hybridized carbons (Fsp3) is 0.267. The van der Waals surface area contributed by atoms with E-state index >= 15 is 0 Å². The summed E-state index contributed by atoms with van der Waals surface area (Å²) in [6, 6.07) is 6.51. The third-order valence-electron chi connectivity index (χ3n) is 3.30. The van der Waals surface area contributed by atoms with Gasteiger partial charge in [-0.3, -0.25) is 19.6 Å². The molecular weight excluding hydrogens is 309 g/mol. The molecule has 0 aliphatic rings. The van der Waals surface area contributed by atoms with Crippen molar-refractivity contribution in [3.63, 3.8) is 0 Å². The molecule has 0 spiro atoms. The van der Waals surface area contributed by atoms with Crippen LogP contribution in [0.15, 0.2) is 34.1 Å². The number of aliphatic imine (C=N–C) groups is 1. The molecule has 0 aliphatic carbocycles. The molecule has 1 N–H and O–H groups in total. The van der Waals surface area contributed by atoms with Gasteiger partial charge in [0.05, 0.1) is 17.7 Å². The van der Waals surface area contributed by atoms with Gasteiger partial charge in [-0.25, -0.2) is 0 Å². The smallest absolute Gasteiger partial charge is 0.285 e. The average molecular weight is 322 g/mol. The lowest BCUT2D eigenvalue weighted by molar-refractivity contribution is -0.137. The Balaban J connectivity index is 2.24. The Kier molecular flexibility index (Phi) is 4.40. The maximum absolute atomic E-state index is 12.5. The zero-order valence-electron chi connectivity index (χ0n) is 12.4. The first kappa shape index (κ1) is 16.5. The molecule has 8 heteroatoms. The lowest BCUT2D eigenvalue weighted by Gasteiger charge is -2.06. The summed E-state index contributed by atoms with van der Waals surface area (Å²) in [5.74, 6) is 0. The van der Waals surface area contributed by atoms with Crippen molar-refractivity contribution >= 4 is 5.71 Å². The molecular formula is C15H13F3N4O. The van der Waals surface area contributed by atoms with Crippen LogP contribution in [0.2, 0.25) is 0 Å². The normalized spacial score (nSPS) is 12.3. The first-order valence-electron chi connectivity index (χ1n) is 6.60. The molecule has 5 nitrogen and oxygen atoms in total. The van der Waals surface area contributed by atoms with E-state index in [2.05, 4.69) is 10.1 Å². The van der Waals surface area contributed by atoms with Crippen molar-refractivity contribution in [2.24, 2.45) is 12.0 Å². The Morgan fingerprint density at radius 1 is 1.35 bits per heavy atom. The van der Waals surface area contributed by atoms with Gasteiger partial charge in [0, 0.05) is 12.8 Å². The minimum absolute atomic E-state index is 0.103. The molecule has 0 unspecified atom stereocenters. The van der Waals surface area contributed by atoms with E-state index in [4.69, 9.17) is 5.26 Å². The van der Waals surface area contributed by atoms with Crippen LogP contribution >= 0.6 is 0 Å². The van der Waals surface area contributed by atoms with Gasteiger partial charge < -0.3 is 0 Å². The van der Waals surface area contributed by atoms with Gasteiger partial charge in [-0.05, 0) is 24.6 Å². The minimum atomic E-state index is -4.38. The first-order valence-corrected chi connectivity index (χ1v) is 6.60. The predicted octanol–water partition coefficient (Wildman–Crippen LogP) is 2.61. The summed E-state index contributed by atoms with van der Waals surface area (Å²) in [5, 5.41) is 11.6. The first-order chi connectivity index (χ1) is 10.7. The number of nitriles is 1. The minimum Gasteiger partial charge on any atom is -0.285 e. The molecule has 0 saturated carbocycles. The van der Waals surface area contributed by atoms with E-state index in [-0.39, 0.29) is 23.4 Å². The molecule has 0 atom stereocenters. The van der Waals surface area contributed by atoms with Crippen LogP contribution in [0.5, 0.6) is 0 Å². The van der Waals surface area contributed by atoms with Gasteiger partial charge in [-0.15, -0.1) is 0 Å². The van der Waals surface area contributed by atoms with Gasteiger partial charge >= 0.3 is 6.18 Å². The molecule has 0 aliphatic heterocycles. The molecule has 1 aromatic carbocycles. The van der Waals surface area contributed by atoms with E-state index in [1.165, 1.54) is 23.9 Å². The van der Waals surface area contributed by atoms with Crippen molar-refractivity contribution in [1.29, 1.82) is 5.26 Å². The topological polar surface area (TPSA) is 73.9 Å². The number of aromatic nitrogens is 2. The average Bonchev–Trinajstić information content (AvgIpc) is 2.79. The summed E-state index contributed by atoms with van der Waals surface area (Å²) < 4.78 is 38.6. The molecule has 0 amide bonds. The van der Waals surface area contributed by atoms with E-state index in [1.807, 2.05) is 6.07 Å². The van der Waals surface area contributed by atoms with E-state index in [1.54, 1.807) is 6.92 Å². The van der Waals surface area contributed by atoms with Gasteiger partial charge in [0.2, 0.25) is 0 Å². The van der Waals surface area contributed by atoms with Crippen molar-refractivity contribution in [3.05, 3.63) is 57.0 Å². The number of alkyl halides is 3. The molecule has 0 radical (unpaired) electrons. The van der Waals surface area contributed by atoms with Crippen molar-refractivity contribution in [2.45, 2.75) is 19.6 Å². The van der Waals surface area contributed by atoms with Gasteiger partial charge in [0.25, 0.3) is 5.56 Å². The second-order valence-corrected chi connectivity index (χ2v) is 4.93. The summed E-state index contributed by atoms with van der Waals surface area (Å²) in [6.07, 6.45) is -4.38. The molecule has 120 valence electrons. The molecule has 1 heterocycles. The lowest BCUT2D eigenvalue weighted by atomic mass is 10.1. The number of nitrogens with one attached hydrogen (secondary N) is 1. The van der Waals surface area contributed by atoms with Gasteiger partial charge in [-0.1, -0.05) is 12.1 Å². The van der Waals surface area contributed by atoms with Crippen LogP contribution in [0.3, 0.4) is 0 Å². The van der Waals surface area contributed by atoms with Crippen LogP contribution in [0.4, 0.5) is 13.2 Å². The molecule has 23 heavy (non-hydrogen) atoms. The number of aromatic amines is 1. The fourth-order valence-corrected chi connectivity index (χ4v) is 2.05. The second kappa shape index (κ2) is 6.12. The summed E-state index contributed by atoms with van der Waals surface area (Å²) in [6.45, 7) is 1.69. The highest BCUT2D eigenvalue weighted by atomic mass is 19.4. The largest absolute Gasteiger partial charge is 0.416 e. The van der Waals surface area contributed by atoms with E-state index in [0.717, 1.165) is 12.1 Å². The lowest BCUT2D eigenvalue weighted by Crippen LogP contribution is -2.18. The number of rotatable bonds is 3. The molecule has 2 rings (SSSR count). The number of aryl methyl sites for hydroxylation is 1. The van der Waals surface area contributed by atoms with Crippen LogP contribution in [-0.4, -0.2) is 15.5 Å². The predicted molar refractivity (Wildman–Crippen MR) is 78.1 cm³/mol. The second-order valence-electron chi connectivity index (χ2n) is 4.93. The highest BCUT2D eigenvalue weighted by Gasteiger charge is 2.29. The van der Waals surface area contributed by atoms with Crippen LogP contribution in [0, 0.1) is 11.3 Å². The van der Waals surface area contributed by atoms with Crippen LogP contribution in [0.1, 0.15) is 29.3 Å². The molecule has 0 bridgehead atoms. The fourth-order valence-electron chi connectivity index (χ4n) is 2.05. The third-order valence-corrected chi connectivity index (χ3v) is 3.30. The van der Waals surface area contributed by atoms with Crippen molar-refractivity contribution in [1.82, 2.24) is 9.78 Å². The van der Waals surface area contributed by atoms with Crippen molar-refractivity contribution in [3.8, 4) is 6.07 Å². The Hall–Kier alpha value is -2.82. The molecule has 0 fully saturated rings. The van der Waals surface area contributed by atoms with Crippen LogP contribution in [0.25, 0.3) is 0 Å². The SMILES string of the molecule is CC(=NCc1ccc(C(F)(F)F)cc1)c1c(C#N)[nH]n(C)c1=O. The summed E-state index contributed by atoms with van der Waals surface area (Å²) >= 11 is 0. The zero-order valence-corrected chi connectivity index (χ0v) is 12.4. The van der Waals surface area contributed by atoms with Gasteiger partial charge in [0.15, 0.2) is 0 Å². The van der Waals surface area contributed by atoms with E-state index in [0.29, 0.717) is 11.3 Å². The Labute approximate surface area is 129 Å². The van der Waals surface area contributed by atoms with Crippen LogP contribution in [-0.2, 0) is 19.8 Å². The highest BCUT2D eigenvalue weighted by Crippen LogP contribution is 2.29. The van der Waals surface area contributed by atoms with Crippen molar-refractivity contribution < 1.29 is 13.2 Å². The summed E-state index contributed by atoms with van der Waals surface area (Å²) in [5.41, 5.74) is 0.0861. The maximum Gasteiger partial charge on any atom is 0.416 e. The summed E-state index contributed by atoms with van der Waals surface area (Å²) in [7, 11) is 1.48. The Bertz CT molecular complexity index is 836. The monoisotopic (exact) mass is 322 g/mol. The maximum atomic E-state index is 12.5. The van der Waals surface area contributed by atoms with Crippen LogP contribution < -0.4 is 5.56 Å². The molecule has 0 saturated heterocycles. The quantitative estimate of drug-likeness (QED) is 0.882. The number of nitrogens with zero attached hydrogens (tertiary/aromatic N) is 3. The third kappa shape index (κ3) is 3.51. The molecule has 1 aromatic heterocycles. The standard InChI is InChI=1S/C15H13F3N4O/c1-9(13-12(7-19)21-22(2)14(13)23)20-8-10-3-5-11(6-4-10)15(16,17)18/h3-6,21H,8H2,1-2H3. The Morgan fingerprint density at radius 3 is 2.48 bits per heavy atom. The number of benzene rings is 1. The molecule has 2 aromatic rings. The van der Waals surface area contributed by atoms with E-state index < -0.39 is 11.7 Å². The van der Waals surface area contributed by atoms with Gasteiger partial charge in [-0.2, -0.15) is 18.4 Å². The number of hydrogen-bond acceptors (Lipinski definition) is 3. The highest BCUT2D eigenvalue weighted by molar-refractivity contribution is 6.00. The number of halogens is 3. The summed E-state index contributed by atoms with van der Waals surface area (Å²) in [4.78, 5) is 16.1.